The molecule has 0 spiro atoms. The van der Waals surface area contributed by atoms with Crippen molar-refractivity contribution in [2.75, 3.05) is 5.73 Å². The molecular weight excluding hydrogens is 428 g/mol. The smallest absolute Gasteiger partial charge is 0.271 e. The first-order valence-electron chi connectivity index (χ1n) is 10.9. The molecule has 2 aromatic carbocycles. The van der Waals surface area contributed by atoms with E-state index in [0.717, 1.165) is 33.8 Å². The molecule has 0 saturated carbocycles. The van der Waals surface area contributed by atoms with Crippen LogP contribution in [0.3, 0.4) is 0 Å². The van der Waals surface area contributed by atoms with E-state index in [0.29, 0.717) is 36.2 Å². The number of aromatic nitrogens is 3. The SMILES string of the molecule is Cc1cc(N)nc(C)c1CNC(=O)c1cn2c(n1)C=Nc1cc(Oc3ccccc3)ccc1C2. The molecule has 5 rings (SSSR count). The topological polar surface area (TPSA) is 107 Å². The van der Waals surface area contributed by atoms with E-state index in [4.69, 9.17) is 10.5 Å². The Labute approximate surface area is 197 Å². The van der Waals surface area contributed by atoms with Crippen LogP contribution in [0.4, 0.5) is 11.5 Å². The van der Waals surface area contributed by atoms with Crippen LogP contribution in [0.2, 0.25) is 0 Å². The summed E-state index contributed by atoms with van der Waals surface area (Å²) < 4.78 is 7.84. The molecule has 4 aromatic rings. The van der Waals surface area contributed by atoms with Crippen molar-refractivity contribution in [1.29, 1.82) is 0 Å². The molecule has 2 aromatic heterocycles. The van der Waals surface area contributed by atoms with Crippen molar-refractivity contribution in [3.05, 3.63) is 94.7 Å². The average Bonchev–Trinajstić information content (AvgIpc) is 3.13. The van der Waals surface area contributed by atoms with Crippen molar-refractivity contribution in [2.45, 2.75) is 26.9 Å². The Morgan fingerprint density at radius 1 is 1.09 bits per heavy atom. The maximum Gasteiger partial charge on any atom is 0.271 e. The highest BCUT2D eigenvalue weighted by molar-refractivity contribution is 5.93. The molecular formula is C26H24N6O2. The maximum atomic E-state index is 12.8. The van der Waals surface area contributed by atoms with E-state index in [1.807, 2.05) is 66.9 Å². The molecule has 3 N–H and O–H groups in total. The van der Waals surface area contributed by atoms with Gasteiger partial charge in [0.1, 0.15) is 23.0 Å². The van der Waals surface area contributed by atoms with Crippen LogP contribution >= 0.6 is 0 Å². The molecule has 170 valence electrons. The minimum absolute atomic E-state index is 0.253. The molecule has 8 heteroatoms. The van der Waals surface area contributed by atoms with Crippen LogP contribution in [0.1, 0.15) is 38.7 Å². The van der Waals surface area contributed by atoms with Gasteiger partial charge in [-0.05, 0) is 54.8 Å². The molecule has 0 atom stereocenters. The van der Waals surface area contributed by atoms with Crippen LogP contribution in [0.15, 0.2) is 65.8 Å². The zero-order valence-electron chi connectivity index (χ0n) is 18.9. The Morgan fingerprint density at radius 3 is 2.71 bits per heavy atom. The second-order valence-electron chi connectivity index (χ2n) is 8.19. The number of nitrogens with one attached hydrogen (secondary N) is 1. The zero-order chi connectivity index (χ0) is 23.7. The third-order valence-electron chi connectivity index (χ3n) is 5.74. The number of nitrogen functional groups attached to an aromatic ring is 1. The first-order chi connectivity index (χ1) is 16.5. The van der Waals surface area contributed by atoms with Crippen LogP contribution in [-0.2, 0) is 13.1 Å². The van der Waals surface area contributed by atoms with E-state index >= 15 is 0 Å². The molecule has 34 heavy (non-hydrogen) atoms. The van der Waals surface area contributed by atoms with E-state index in [1.54, 1.807) is 18.5 Å². The molecule has 0 fully saturated rings. The fourth-order valence-corrected chi connectivity index (χ4v) is 3.98. The lowest BCUT2D eigenvalue weighted by Crippen LogP contribution is -2.24. The molecule has 1 aliphatic heterocycles. The summed E-state index contributed by atoms with van der Waals surface area (Å²) in [6.07, 6.45) is 3.42. The van der Waals surface area contributed by atoms with Gasteiger partial charge in [-0.3, -0.25) is 9.79 Å². The first-order valence-corrected chi connectivity index (χ1v) is 10.9. The van der Waals surface area contributed by atoms with Gasteiger partial charge >= 0.3 is 0 Å². The summed E-state index contributed by atoms with van der Waals surface area (Å²) in [5, 5.41) is 2.93. The van der Waals surface area contributed by atoms with Gasteiger partial charge in [-0.1, -0.05) is 24.3 Å². The van der Waals surface area contributed by atoms with Crippen molar-refractivity contribution in [3.8, 4) is 11.5 Å². The third-order valence-corrected chi connectivity index (χ3v) is 5.74. The summed E-state index contributed by atoms with van der Waals surface area (Å²) in [6.45, 7) is 4.74. The van der Waals surface area contributed by atoms with Crippen molar-refractivity contribution in [2.24, 2.45) is 4.99 Å². The maximum absolute atomic E-state index is 12.8. The number of rotatable bonds is 5. The number of amides is 1. The van der Waals surface area contributed by atoms with E-state index in [2.05, 4.69) is 20.3 Å². The van der Waals surface area contributed by atoms with Gasteiger partial charge in [0.15, 0.2) is 5.82 Å². The number of carbonyl (C=O) groups excluding carboxylic acids is 1. The number of anilines is 1. The van der Waals surface area contributed by atoms with Crippen molar-refractivity contribution >= 4 is 23.6 Å². The molecule has 0 bridgehead atoms. The average molecular weight is 453 g/mol. The Bertz CT molecular complexity index is 1390. The number of para-hydroxylation sites is 1. The highest BCUT2D eigenvalue weighted by atomic mass is 16.5. The monoisotopic (exact) mass is 452 g/mol. The van der Waals surface area contributed by atoms with Crippen LogP contribution in [0, 0.1) is 13.8 Å². The number of ether oxygens (including phenoxy) is 1. The van der Waals surface area contributed by atoms with Gasteiger partial charge in [0.2, 0.25) is 0 Å². The van der Waals surface area contributed by atoms with Crippen molar-refractivity contribution < 1.29 is 9.53 Å². The number of imidazole rings is 1. The predicted octanol–water partition coefficient (Wildman–Crippen LogP) is 4.31. The molecule has 1 aliphatic rings. The number of hydrogen-bond acceptors (Lipinski definition) is 6. The standard InChI is InChI=1S/C26H24N6O2/c1-16-10-24(27)30-17(2)21(16)12-29-26(33)23-15-32-14-18-8-9-20(34-19-6-4-3-5-7-19)11-22(18)28-13-25(32)31-23/h3-11,13,15H,12,14H2,1-2H3,(H2,27,30)(H,29,33). The van der Waals surface area contributed by atoms with E-state index in [-0.39, 0.29) is 5.91 Å². The van der Waals surface area contributed by atoms with Gasteiger partial charge in [0.25, 0.3) is 5.91 Å². The minimum atomic E-state index is -0.253. The van der Waals surface area contributed by atoms with Crippen LogP contribution < -0.4 is 15.8 Å². The highest BCUT2D eigenvalue weighted by Gasteiger charge is 2.18. The zero-order valence-corrected chi connectivity index (χ0v) is 18.9. The number of nitrogens with two attached hydrogens (primary N) is 1. The summed E-state index contributed by atoms with van der Waals surface area (Å²) in [4.78, 5) is 26.1. The molecule has 0 radical (unpaired) electrons. The number of hydrogen-bond donors (Lipinski definition) is 2. The Balaban J connectivity index is 1.31. The van der Waals surface area contributed by atoms with E-state index in [1.165, 1.54) is 0 Å². The van der Waals surface area contributed by atoms with Crippen LogP contribution in [-0.4, -0.2) is 26.7 Å². The lowest BCUT2D eigenvalue weighted by molar-refractivity contribution is 0.0946. The van der Waals surface area contributed by atoms with E-state index in [9.17, 15) is 4.79 Å². The second-order valence-corrected chi connectivity index (χ2v) is 8.19. The summed E-state index contributed by atoms with van der Waals surface area (Å²) >= 11 is 0. The fraction of sp³-hybridized carbons (Fsp3) is 0.154. The summed E-state index contributed by atoms with van der Waals surface area (Å²) in [6, 6.07) is 17.2. The molecule has 0 aliphatic carbocycles. The second kappa shape index (κ2) is 8.82. The number of pyridine rings is 1. The minimum Gasteiger partial charge on any atom is -0.457 e. The number of aryl methyl sites for hydroxylation is 2. The summed E-state index contributed by atoms with van der Waals surface area (Å²) in [7, 11) is 0. The Hall–Kier alpha value is -4.46. The molecule has 3 heterocycles. The quantitative estimate of drug-likeness (QED) is 0.413. The van der Waals surface area contributed by atoms with Crippen LogP contribution in [0.5, 0.6) is 11.5 Å². The summed E-state index contributed by atoms with van der Waals surface area (Å²) in [5.41, 5.74) is 10.7. The third kappa shape index (κ3) is 4.38. The normalized spacial score (nSPS) is 11.9. The predicted molar refractivity (Wildman–Crippen MR) is 131 cm³/mol. The summed E-state index contributed by atoms with van der Waals surface area (Å²) in [5.74, 6) is 2.32. The number of fused-ring (bicyclic) bond motifs is 2. The molecule has 1 amide bonds. The Morgan fingerprint density at radius 2 is 1.91 bits per heavy atom. The van der Waals surface area contributed by atoms with E-state index < -0.39 is 0 Å². The lowest BCUT2D eigenvalue weighted by atomic mass is 10.1. The van der Waals surface area contributed by atoms with Gasteiger partial charge in [-0.15, -0.1) is 0 Å². The lowest BCUT2D eigenvalue weighted by Gasteiger charge is -2.11. The fourth-order valence-electron chi connectivity index (χ4n) is 3.98. The van der Waals surface area contributed by atoms with Crippen molar-refractivity contribution in [3.63, 3.8) is 0 Å². The van der Waals surface area contributed by atoms with Crippen LogP contribution in [0.25, 0.3) is 0 Å². The highest BCUT2D eigenvalue weighted by Crippen LogP contribution is 2.30. The molecule has 8 nitrogen and oxygen atoms in total. The molecule has 0 saturated heterocycles. The largest absolute Gasteiger partial charge is 0.457 e. The van der Waals surface area contributed by atoms with Gasteiger partial charge in [-0.25, -0.2) is 9.97 Å². The number of aliphatic imine (C=N–C) groups is 1. The number of carbonyl (C=O) groups is 1. The Kier molecular flexibility index (Phi) is 5.55. The van der Waals surface area contributed by atoms with Crippen molar-refractivity contribution in [1.82, 2.24) is 19.9 Å². The number of benzene rings is 2. The van der Waals surface area contributed by atoms with Gasteiger partial charge in [0.05, 0.1) is 18.4 Å². The van der Waals surface area contributed by atoms with Gasteiger partial charge in [-0.2, -0.15) is 0 Å². The van der Waals surface area contributed by atoms with Gasteiger partial charge < -0.3 is 20.4 Å². The van der Waals surface area contributed by atoms with Gasteiger partial charge in [0, 0.05) is 24.5 Å². The first kappa shape index (κ1) is 21.4. The molecule has 0 unspecified atom stereocenters. The number of nitrogens with zero attached hydrogens (tertiary/aromatic N) is 4.